The van der Waals surface area contributed by atoms with E-state index in [-0.39, 0.29) is 6.10 Å². The molecule has 2 atom stereocenters. The van der Waals surface area contributed by atoms with Crippen molar-refractivity contribution in [2.75, 3.05) is 19.5 Å². The summed E-state index contributed by atoms with van der Waals surface area (Å²) in [4.78, 5) is 0. The summed E-state index contributed by atoms with van der Waals surface area (Å²) in [6.07, 6.45) is 4.57. The Morgan fingerprint density at radius 1 is 1.42 bits per heavy atom. The Bertz CT molecular complexity index is 119. The van der Waals surface area contributed by atoms with Crippen LogP contribution < -0.4 is 0 Å². The van der Waals surface area contributed by atoms with Crippen LogP contribution >= 0.6 is 11.8 Å². The summed E-state index contributed by atoms with van der Waals surface area (Å²) in [5, 5.41) is 10.1. The number of methoxy groups -OCH3 is 1. The number of hydrogen-bond acceptors (Lipinski definition) is 3. The molecule has 0 aliphatic heterocycles. The maximum Gasteiger partial charge on any atom is 0.0658 e. The largest absolute Gasteiger partial charge is 0.392 e. The lowest BCUT2D eigenvalue weighted by Gasteiger charge is -2.26. The van der Waals surface area contributed by atoms with Gasteiger partial charge in [-0.05, 0) is 12.8 Å². The van der Waals surface area contributed by atoms with E-state index >= 15 is 0 Å². The monoisotopic (exact) mass is 190 g/mol. The maximum atomic E-state index is 9.61. The zero-order chi connectivity index (χ0) is 8.81. The highest BCUT2D eigenvalue weighted by atomic mass is 32.2. The normalized spacial score (nSPS) is 30.5. The number of aliphatic hydroxyl groups excluding tert-OH is 1. The predicted octanol–water partition coefficient (Wildman–Crippen LogP) is 1.67. The van der Waals surface area contributed by atoms with Crippen molar-refractivity contribution in [2.45, 2.75) is 37.0 Å². The molecule has 1 fully saturated rings. The second kappa shape index (κ2) is 5.84. The van der Waals surface area contributed by atoms with Gasteiger partial charge in [-0.25, -0.2) is 0 Å². The van der Waals surface area contributed by atoms with E-state index in [1.54, 1.807) is 7.11 Å². The molecular weight excluding hydrogens is 172 g/mol. The van der Waals surface area contributed by atoms with Gasteiger partial charge < -0.3 is 9.84 Å². The lowest BCUT2D eigenvalue weighted by atomic mass is 9.97. The molecule has 12 heavy (non-hydrogen) atoms. The zero-order valence-electron chi connectivity index (χ0n) is 7.66. The second-order valence-electron chi connectivity index (χ2n) is 3.25. The molecule has 0 bridgehead atoms. The number of aliphatic hydroxyl groups is 1. The summed E-state index contributed by atoms with van der Waals surface area (Å²) in [5.74, 6) is 1.01. The highest BCUT2D eigenvalue weighted by Gasteiger charge is 2.22. The number of rotatable bonds is 4. The van der Waals surface area contributed by atoms with E-state index in [1.807, 2.05) is 11.8 Å². The molecule has 1 N–H and O–H groups in total. The van der Waals surface area contributed by atoms with E-state index in [2.05, 4.69) is 0 Å². The van der Waals surface area contributed by atoms with Crippen molar-refractivity contribution in [3.8, 4) is 0 Å². The van der Waals surface area contributed by atoms with Gasteiger partial charge in [0.1, 0.15) is 0 Å². The van der Waals surface area contributed by atoms with Crippen LogP contribution in [0, 0.1) is 0 Å². The lowest BCUT2D eigenvalue weighted by molar-refractivity contribution is 0.136. The zero-order valence-corrected chi connectivity index (χ0v) is 8.48. The van der Waals surface area contributed by atoms with Gasteiger partial charge >= 0.3 is 0 Å². The van der Waals surface area contributed by atoms with Crippen LogP contribution in [0.3, 0.4) is 0 Å². The van der Waals surface area contributed by atoms with Gasteiger partial charge in [-0.15, -0.1) is 0 Å². The molecule has 0 aromatic heterocycles. The third kappa shape index (κ3) is 3.33. The summed E-state index contributed by atoms with van der Waals surface area (Å²) >= 11 is 1.86. The Balaban J connectivity index is 2.11. The molecule has 0 amide bonds. The molecular formula is C9H18O2S. The van der Waals surface area contributed by atoms with Crippen molar-refractivity contribution in [3.63, 3.8) is 0 Å². The Labute approximate surface area is 78.7 Å². The van der Waals surface area contributed by atoms with Crippen LogP contribution in [0.5, 0.6) is 0 Å². The standard InChI is InChI=1S/C9H18O2S/c1-11-6-7-12-9-5-3-2-4-8(9)10/h8-10H,2-7H2,1H3/t8-,9-/m1/s1. The number of ether oxygens (including phenoxy) is 1. The van der Waals surface area contributed by atoms with Crippen LogP contribution in [-0.2, 0) is 4.74 Å². The number of hydrogen-bond donors (Lipinski definition) is 1. The average molecular weight is 190 g/mol. The molecule has 0 aromatic rings. The van der Waals surface area contributed by atoms with Crippen molar-refractivity contribution in [1.82, 2.24) is 0 Å². The highest BCUT2D eigenvalue weighted by Crippen LogP contribution is 2.28. The second-order valence-corrected chi connectivity index (χ2v) is 4.60. The lowest BCUT2D eigenvalue weighted by Crippen LogP contribution is -2.27. The van der Waals surface area contributed by atoms with Crippen molar-refractivity contribution in [2.24, 2.45) is 0 Å². The molecule has 1 aliphatic rings. The SMILES string of the molecule is COCCS[C@@H]1CCCC[C@H]1O. The molecule has 0 radical (unpaired) electrons. The van der Waals surface area contributed by atoms with E-state index in [9.17, 15) is 5.11 Å². The molecule has 0 heterocycles. The first-order valence-electron chi connectivity index (χ1n) is 4.63. The van der Waals surface area contributed by atoms with Crippen molar-refractivity contribution in [1.29, 1.82) is 0 Å². The van der Waals surface area contributed by atoms with E-state index in [0.29, 0.717) is 5.25 Å². The van der Waals surface area contributed by atoms with Crippen LogP contribution in [0.25, 0.3) is 0 Å². The third-order valence-electron chi connectivity index (χ3n) is 2.29. The van der Waals surface area contributed by atoms with Crippen LogP contribution in [-0.4, -0.2) is 35.9 Å². The fourth-order valence-electron chi connectivity index (χ4n) is 1.55. The molecule has 3 heteroatoms. The maximum absolute atomic E-state index is 9.61. The molecule has 2 nitrogen and oxygen atoms in total. The topological polar surface area (TPSA) is 29.5 Å². The summed E-state index contributed by atoms with van der Waals surface area (Å²) in [6, 6.07) is 0. The Morgan fingerprint density at radius 3 is 2.83 bits per heavy atom. The smallest absolute Gasteiger partial charge is 0.0658 e. The highest BCUT2D eigenvalue weighted by molar-refractivity contribution is 7.99. The fraction of sp³-hybridized carbons (Fsp3) is 1.00. The summed E-state index contributed by atoms with van der Waals surface area (Å²) in [6.45, 7) is 0.799. The van der Waals surface area contributed by atoms with Gasteiger partial charge in [-0.1, -0.05) is 12.8 Å². The van der Waals surface area contributed by atoms with Gasteiger partial charge in [0.25, 0.3) is 0 Å². The summed E-state index contributed by atoms with van der Waals surface area (Å²) < 4.78 is 4.97. The Kier molecular flexibility index (Phi) is 5.04. The minimum atomic E-state index is -0.0689. The first-order chi connectivity index (χ1) is 5.84. The number of thioether (sulfide) groups is 1. The van der Waals surface area contributed by atoms with Gasteiger partial charge in [0.15, 0.2) is 0 Å². The molecule has 1 rings (SSSR count). The van der Waals surface area contributed by atoms with Crippen LogP contribution in [0.2, 0.25) is 0 Å². The van der Waals surface area contributed by atoms with Crippen LogP contribution in [0.4, 0.5) is 0 Å². The van der Waals surface area contributed by atoms with Gasteiger partial charge in [0.2, 0.25) is 0 Å². The van der Waals surface area contributed by atoms with Crippen molar-refractivity contribution in [3.05, 3.63) is 0 Å². The quantitative estimate of drug-likeness (QED) is 0.684. The molecule has 0 saturated heterocycles. The third-order valence-corrected chi connectivity index (χ3v) is 3.67. The Morgan fingerprint density at radius 2 is 2.17 bits per heavy atom. The average Bonchev–Trinajstić information content (AvgIpc) is 2.09. The van der Waals surface area contributed by atoms with E-state index in [4.69, 9.17) is 4.74 Å². The first kappa shape index (κ1) is 10.4. The molecule has 0 aromatic carbocycles. The minimum absolute atomic E-state index is 0.0689. The fourth-order valence-corrected chi connectivity index (χ4v) is 2.81. The van der Waals surface area contributed by atoms with Gasteiger partial charge in [0.05, 0.1) is 12.7 Å². The molecule has 0 unspecified atom stereocenters. The van der Waals surface area contributed by atoms with Crippen molar-refractivity contribution < 1.29 is 9.84 Å². The Hall–Kier alpha value is 0.270. The molecule has 0 spiro atoms. The van der Waals surface area contributed by atoms with E-state index in [1.165, 1.54) is 19.3 Å². The minimum Gasteiger partial charge on any atom is -0.392 e. The van der Waals surface area contributed by atoms with Crippen LogP contribution in [0.1, 0.15) is 25.7 Å². The van der Waals surface area contributed by atoms with E-state index < -0.39 is 0 Å². The van der Waals surface area contributed by atoms with Crippen molar-refractivity contribution >= 4 is 11.8 Å². The van der Waals surface area contributed by atoms with Gasteiger partial charge in [-0.2, -0.15) is 11.8 Å². The predicted molar refractivity (Wildman–Crippen MR) is 52.6 cm³/mol. The summed E-state index contributed by atoms with van der Waals surface area (Å²) in [5.41, 5.74) is 0. The molecule has 1 saturated carbocycles. The first-order valence-corrected chi connectivity index (χ1v) is 5.68. The molecule has 1 aliphatic carbocycles. The van der Waals surface area contributed by atoms with Crippen LogP contribution in [0.15, 0.2) is 0 Å². The van der Waals surface area contributed by atoms with Gasteiger partial charge in [-0.3, -0.25) is 0 Å². The summed E-state index contributed by atoms with van der Waals surface area (Å²) in [7, 11) is 1.72. The molecule has 72 valence electrons. The van der Waals surface area contributed by atoms with Gasteiger partial charge in [0, 0.05) is 18.1 Å². The van der Waals surface area contributed by atoms with E-state index in [0.717, 1.165) is 18.8 Å².